The molecule has 1 aliphatic heterocycles. The minimum absolute atomic E-state index is 0.221. The van der Waals surface area contributed by atoms with E-state index in [9.17, 15) is 4.79 Å². The fourth-order valence-electron chi connectivity index (χ4n) is 2.52. The summed E-state index contributed by atoms with van der Waals surface area (Å²) in [6, 6.07) is 12.4. The number of nitrogens with one attached hydrogen (secondary N) is 1. The maximum atomic E-state index is 12.5. The van der Waals surface area contributed by atoms with Crippen molar-refractivity contribution in [2.75, 3.05) is 18.5 Å². The van der Waals surface area contributed by atoms with Gasteiger partial charge in [-0.1, -0.05) is 6.07 Å². The molecular weight excluding hydrogens is 352 g/mol. The number of fused-ring (bicyclic) bond motifs is 1. The normalized spacial score (nSPS) is 12.5. The molecule has 1 aliphatic rings. The van der Waals surface area contributed by atoms with Crippen LogP contribution in [0, 0.1) is 0 Å². The number of thiazole rings is 1. The molecule has 0 atom stereocenters. The molecule has 0 spiro atoms. The molecule has 0 unspecified atom stereocenters. The first-order valence-electron chi connectivity index (χ1n) is 8.09. The molecule has 0 saturated heterocycles. The van der Waals surface area contributed by atoms with E-state index in [1.54, 1.807) is 41.9 Å². The van der Waals surface area contributed by atoms with E-state index in [-0.39, 0.29) is 5.91 Å². The molecule has 0 fully saturated rings. The maximum Gasteiger partial charge on any atom is 0.255 e. The SMILES string of the molecule is O=C(Nc1ccc2c(c1)OCCO2)c1cccc(OCc2cscn2)c1. The summed E-state index contributed by atoms with van der Waals surface area (Å²) in [4.78, 5) is 16.7. The molecule has 0 radical (unpaired) electrons. The predicted octanol–water partition coefficient (Wildman–Crippen LogP) is 3.75. The van der Waals surface area contributed by atoms with Gasteiger partial charge in [0.1, 0.15) is 25.6 Å². The fourth-order valence-corrected chi connectivity index (χ4v) is 3.06. The summed E-state index contributed by atoms with van der Waals surface area (Å²) in [5.41, 5.74) is 3.78. The van der Waals surface area contributed by atoms with E-state index in [1.807, 2.05) is 11.4 Å². The minimum Gasteiger partial charge on any atom is -0.487 e. The zero-order valence-electron chi connectivity index (χ0n) is 13.8. The Balaban J connectivity index is 1.43. The molecule has 3 aromatic rings. The summed E-state index contributed by atoms with van der Waals surface area (Å²) in [5.74, 6) is 1.72. The molecule has 0 bridgehead atoms. The average Bonchev–Trinajstić information content (AvgIpc) is 3.20. The minimum atomic E-state index is -0.221. The average molecular weight is 368 g/mol. The third kappa shape index (κ3) is 3.78. The van der Waals surface area contributed by atoms with E-state index in [4.69, 9.17) is 14.2 Å². The number of hydrogen-bond acceptors (Lipinski definition) is 6. The summed E-state index contributed by atoms with van der Waals surface area (Å²) in [5, 5.41) is 4.79. The van der Waals surface area contributed by atoms with Crippen LogP contribution in [0.1, 0.15) is 16.1 Å². The maximum absolute atomic E-state index is 12.5. The summed E-state index contributed by atoms with van der Waals surface area (Å²) in [7, 11) is 0. The van der Waals surface area contributed by atoms with Crippen molar-refractivity contribution in [1.82, 2.24) is 4.98 Å². The fraction of sp³-hybridized carbons (Fsp3) is 0.158. The Morgan fingerprint density at radius 1 is 1.15 bits per heavy atom. The van der Waals surface area contributed by atoms with Crippen LogP contribution in [0.15, 0.2) is 53.4 Å². The second-order valence-electron chi connectivity index (χ2n) is 5.61. The molecule has 0 aliphatic carbocycles. The first-order chi connectivity index (χ1) is 12.8. The molecule has 7 heteroatoms. The van der Waals surface area contributed by atoms with E-state index < -0.39 is 0 Å². The summed E-state index contributed by atoms with van der Waals surface area (Å²) < 4.78 is 16.7. The van der Waals surface area contributed by atoms with Crippen molar-refractivity contribution in [3.8, 4) is 17.2 Å². The zero-order valence-corrected chi connectivity index (χ0v) is 14.6. The molecular formula is C19H16N2O4S. The van der Waals surface area contributed by atoms with Crippen LogP contribution < -0.4 is 19.5 Å². The molecule has 1 amide bonds. The van der Waals surface area contributed by atoms with Crippen LogP contribution >= 0.6 is 11.3 Å². The van der Waals surface area contributed by atoms with Gasteiger partial charge in [-0.15, -0.1) is 11.3 Å². The summed E-state index contributed by atoms with van der Waals surface area (Å²) >= 11 is 1.52. The number of anilines is 1. The van der Waals surface area contributed by atoms with Crippen molar-refractivity contribution in [3.63, 3.8) is 0 Å². The van der Waals surface area contributed by atoms with Crippen LogP contribution in [0.2, 0.25) is 0 Å². The van der Waals surface area contributed by atoms with Gasteiger partial charge >= 0.3 is 0 Å². The number of amides is 1. The molecule has 1 N–H and O–H groups in total. The topological polar surface area (TPSA) is 69.7 Å². The van der Waals surface area contributed by atoms with E-state index in [0.717, 1.165) is 5.69 Å². The van der Waals surface area contributed by atoms with E-state index in [1.165, 1.54) is 11.3 Å². The largest absolute Gasteiger partial charge is 0.487 e. The molecule has 26 heavy (non-hydrogen) atoms. The van der Waals surface area contributed by atoms with Crippen molar-refractivity contribution in [1.29, 1.82) is 0 Å². The Labute approximate surface area is 154 Å². The second kappa shape index (κ2) is 7.45. The Morgan fingerprint density at radius 2 is 2.04 bits per heavy atom. The van der Waals surface area contributed by atoms with Crippen LogP contribution in [0.4, 0.5) is 5.69 Å². The lowest BCUT2D eigenvalue weighted by molar-refractivity contribution is 0.102. The van der Waals surface area contributed by atoms with Crippen molar-refractivity contribution in [2.24, 2.45) is 0 Å². The van der Waals surface area contributed by atoms with Gasteiger partial charge in [0, 0.05) is 22.7 Å². The number of benzene rings is 2. The Kier molecular flexibility index (Phi) is 4.70. The highest BCUT2D eigenvalue weighted by Crippen LogP contribution is 2.32. The number of aromatic nitrogens is 1. The Morgan fingerprint density at radius 3 is 2.88 bits per heavy atom. The summed E-state index contributed by atoms with van der Waals surface area (Å²) in [6.07, 6.45) is 0. The highest BCUT2D eigenvalue weighted by atomic mass is 32.1. The van der Waals surface area contributed by atoms with E-state index >= 15 is 0 Å². The van der Waals surface area contributed by atoms with Gasteiger partial charge in [-0.2, -0.15) is 0 Å². The number of rotatable bonds is 5. The van der Waals surface area contributed by atoms with Crippen LogP contribution in [0.5, 0.6) is 17.2 Å². The quantitative estimate of drug-likeness (QED) is 0.743. The molecule has 4 rings (SSSR count). The first kappa shape index (κ1) is 16.4. The first-order valence-corrected chi connectivity index (χ1v) is 9.03. The monoisotopic (exact) mass is 368 g/mol. The van der Waals surface area contributed by atoms with Gasteiger partial charge in [-0.3, -0.25) is 4.79 Å². The van der Waals surface area contributed by atoms with Crippen molar-refractivity contribution in [3.05, 3.63) is 64.6 Å². The number of nitrogens with zero attached hydrogens (tertiary/aromatic N) is 1. The number of carbonyl (C=O) groups is 1. The van der Waals surface area contributed by atoms with Gasteiger partial charge in [0.25, 0.3) is 5.91 Å². The van der Waals surface area contributed by atoms with Gasteiger partial charge in [0.2, 0.25) is 0 Å². The van der Waals surface area contributed by atoms with Crippen LogP contribution in [-0.4, -0.2) is 24.1 Å². The van der Waals surface area contributed by atoms with E-state index in [0.29, 0.717) is 48.3 Å². The van der Waals surface area contributed by atoms with Crippen LogP contribution in [-0.2, 0) is 6.61 Å². The Hall–Kier alpha value is -3.06. The predicted molar refractivity (Wildman–Crippen MR) is 98.3 cm³/mol. The third-order valence-electron chi connectivity index (χ3n) is 3.77. The van der Waals surface area contributed by atoms with Gasteiger partial charge in [-0.25, -0.2) is 4.98 Å². The smallest absolute Gasteiger partial charge is 0.255 e. The highest BCUT2D eigenvalue weighted by Gasteiger charge is 2.14. The van der Waals surface area contributed by atoms with Gasteiger partial charge in [-0.05, 0) is 30.3 Å². The Bertz CT molecular complexity index is 912. The zero-order chi connectivity index (χ0) is 17.8. The lowest BCUT2D eigenvalue weighted by Crippen LogP contribution is -2.16. The van der Waals surface area contributed by atoms with Crippen LogP contribution in [0.25, 0.3) is 0 Å². The molecule has 2 aromatic carbocycles. The van der Waals surface area contributed by atoms with Crippen LogP contribution in [0.3, 0.4) is 0 Å². The third-order valence-corrected chi connectivity index (χ3v) is 4.40. The number of hydrogen-bond donors (Lipinski definition) is 1. The highest BCUT2D eigenvalue weighted by molar-refractivity contribution is 7.07. The van der Waals surface area contributed by atoms with Gasteiger partial charge in [0.15, 0.2) is 11.5 Å². The number of carbonyl (C=O) groups excluding carboxylic acids is 1. The second-order valence-corrected chi connectivity index (χ2v) is 6.33. The van der Waals surface area contributed by atoms with Crippen molar-refractivity contribution in [2.45, 2.75) is 6.61 Å². The van der Waals surface area contributed by atoms with Crippen molar-refractivity contribution < 1.29 is 19.0 Å². The lowest BCUT2D eigenvalue weighted by Gasteiger charge is -2.19. The molecule has 0 saturated carbocycles. The standard InChI is InChI=1S/C19H16N2O4S/c22-19(21-14-4-5-17-18(9-14)24-7-6-23-17)13-2-1-3-16(8-13)25-10-15-11-26-12-20-15/h1-5,8-9,11-12H,6-7,10H2,(H,21,22). The van der Waals surface area contributed by atoms with E-state index in [2.05, 4.69) is 10.3 Å². The molecule has 1 aromatic heterocycles. The molecule has 2 heterocycles. The van der Waals surface area contributed by atoms with Crippen molar-refractivity contribution >= 4 is 22.9 Å². The molecule has 132 valence electrons. The van der Waals surface area contributed by atoms with Gasteiger partial charge < -0.3 is 19.5 Å². The molecule has 6 nitrogen and oxygen atoms in total. The lowest BCUT2D eigenvalue weighted by atomic mass is 10.2. The number of ether oxygens (including phenoxy) is 3. The summed E-state index contributed by atoms with van der Waals surface area (Å²) in [6.45, 7) is 1.41. The van der Waals surface area contributed by atoms with Gasteiger partial charge in [0.05, 0.1) is 11.2 Å².